The number of anilines is 1. The highest BCUT2D eigenvalue weighted by Crippen LogP contribution is 2.19. The van der Waals surface area contributed by atoms with E-state index in [2.05, 4.69) is 5.32 Å². The zero-order valence-corrected chi connectivity index (χ0v) is 11.0. The van der Waals surface area contributed by atoms with Gasteiger partial charge < -0.3 is 5.32 Å². The molecule has 0 amide bonds. The predicted molar refractivity (Wildman–Crippen MR) is 74.3 cm³/mol. The lowest BCUT2D eigenvalue weighted by Gasteiger charge is -2.08. The van der Waals surface area contributed by atoms with Gasteiger partial charge in [-0.3, -0.25) is 9.13 Å². The predicted octanol–water partition coefficient (Wildman–Crippen LogP) is 2.44. The van der Waals surface area contributed by atoms with Crippen LogP contribution < -0.4 is 11.0 Å². The molecule has 2 aromatic rings. The van der Waals surface area contributed by atoms with Crippen LogP contribution in [-0.4, -0.2) is 15.7 Å². The number of imidazole rings is 1. The van der Waals surface area contributed by atoms with Crippen LogP contribution in [0.25, 0.3) is 0 Å². The lowest BCUT2D eigenvalue weighted by Crippen LogP contribution is -2.25. The number of nitrogens with one attached hydrogen (secondary N) is 1. The minimum Gasteiger partial charge on any atom is -0.382 e. The van der Waals surface area contributed by atoms with Crippen LogP contribution in [0.1, 0.15) is 6.92 Å². The van der Waals surface area contributed by atoms with E-state index < -0.39 is 0 Å². The van der Waals surface area contributed by atoms with Gasteiger partial charge in [-0.1, -0.05) is 23.7 Å². The molecule has 0 aliphatic rings. The normalized spacial score (nSPS) is 10.6. The fraction of sp³-hybridized carbons (Fsp3) is 0.308. The van der Waals surface area contributed by atoms with Crippen LogP contribution in [0.4, 0.5) is 5.69 Å². The summed E-state index contributed by atoms with van der Waals surface area (Å²) < 4.78 is 3.36. The number of para-hydroxylation sites is 1. The van der Waals surface area contributed by atoms with Crippen LogP contribution >= 0.6 is 11.6 Å². The molecule has 18 heavy (non-hydrogen) atoms. The molecular formula is C13H16ClN3O. The molecule has 0 atom stereocenters. The van der Waals surface area contributed by atoms with Gasteiger partial charge in [0, 0.05) is 32.0 Å². The molecule has 1 N–H and O–H groups in total. The average molecular weight is 266 g/mol. The summed E-state index contributed by atoms with van der Waals surface area (Å²) in [5.41, 5.74) is 0.917. The second-order valence-electron chi connectivity index (χ2n) is 3.97. The van der Waals surface area contributed by atoms with Crippen LogP contribution in [-0.2, 0) is 13.1 Å². The smallest absolute Gasteiger partial charge is 0.328 e. The fourth-order valence-corrected chi connectivity index (χ4v) is 1.98. The molecule has 0 saturated heterocycles. The van der Waals surface area contributed by atoms with E-state index >= 15 is 0 Å². The molecule has 2 rings (SSSR count). The second-order valence-corrected chi connectivity index (χ2v) is 4.37. The molecule has 0 saturated carbocycles. The minimum absolute atomic E-state index is 0.0264. The molecule has 0 aliphatic carbocycles. The first kappa shape index (κ1) is 12.8. The monoisotopic (exact) mass is 265 g/mol. The summed E-state index contributed by atoms with van der Waals surface area (Å²) >= 11 is 6.03. The first-order chi connectivity index (χ1) is 8.72. The van der Waals surface area contributed by atoms with Gasteiger partial charge in [0.2, 0.25) is 0 Å². The SMILES string of the molecule is CCn1ccn(CCNc2ccccc2Cl)c1=O. The van der Waals surface area contributed by atoms with E-state index in [0.717, 1.165) is 5.69 Å². The van der Waals surface area contributed by atoms with Crippen molar-refractivity contribution in [2.24, 2.45) is 0 Å². The van der Waals surface area contributed by atoms with Crippen molar-refractivity contribution in [1.82, 2.24) is 9.13 Å². The Morgan fingerprint density at radius 1 is 1.22 bits per heavy atom. The van der Waals surface area contributed by atoms with E-state index in [-0.39, 0.29) is 5.69 Å². The second kappa shape index (κ2) is 5.78. The summed E-state index contributed by atoms with van der Waals surface area (Å²) in [5, 5.41) is 3.91. The lowest BCUT2D eigenvalue weighted by molar-refractivity contribution is 0.642. The molecule has 0 bridgehead atoms. The van der Waals surface area contributed by atoms with Crippen molar-refractivity contribution in [3.8, 4) is 0 Å². The van der Waals surface area contributed by atoms with E-state index in [9.17, 15) is 4.79 Å². The van der Waals surface area contributed by atoms with Gasteiger partial charge >= 0.3 is 5.69 Å². The van der Waals surface area contributed by atoms with Gasteiger partial charge in [-0.15, -0.1) is 0 Å². The molecular weight excluding hydrogens is 250 g/mol. The van der Waals surface area contributed by atoms with Gasteiger partial charge in [-0.2, -0.15) is 0 Å². The number of hydrogen-bond donors (Lipinski definition) is 1. The number of aromatic nitrogens is 2. The van der Waals surface area contributed by atoms with Crippen LogP contribution in [0.5, 0.6) is 0 Å². The van der Waals surface area contributed by atoms with Gasteiger partial charge in [0.15, 0.2) is 0 Å². The Bertz CT molecular complexity index is 574. The Morgan fingerprint density at radius 2 is 1.94 bits per heavy atom. The van der Waals surface area contributed by atoms with Gasteiger partial charge in [-0.05, 0) is 19.1 Å². The van der Waals surface area contributed by atoms with Crippen molar-refractivity contribution in [1.29, 1.82) is 0 Å². The largest absolute Gasteiger partial charge is 0.382 e. The molecule has 96 valence electrons. The van der Waals surface area contributed by atoms with Crippen LogP contribution in [0.2, 0.25) is 5.02 Å². The van der Waals surface area contributed by atoms with Crippen LogP contribution in [0.15, 0.2) is 41.5 Å². The highest BCUT2D eigenvalue weighted by Gasteiger charge is 2.01. The van der Waals surface area contributed by atoms with Gasteiger partial charge in [-0.25, -0.2) is 4.79 Å². The Labute approximate surface area is 111 Å². The summed E-state index contributed by atoms with van der Waals surface area (Å²) in [4.78, 5) is 11.8. The number of aryl methyl sites for hydroxylation is 1. The summed E-state index contributed by atoms with van der Waals surface area (Å²) in [6, 6.07) is 7.57. The fourth-order valence-electron chi connectivity index (χ4n) is 1.78. The van der Waals surface area contributed by atoms with Crippen LogP contribution in [0.3, 0.4) is 0 Å². The Morgan fingerprint density at radius 3 is 2.61 bits per heavy atom. The lowest BCUT2D eigenvalue weighted by atomic mass is 10.3. The molecule has 1 aromatic carbocycles. The van der Waals surface area contributed by atoms with E-state index in [1.807, 2.05) is 31.2 Å². The summed E-state index contributed by atoms with van der Waals surface area (Å²) in [6.45, 7) is 3.94. The Kier molecular flexibility index (Phi) is 4.10. The van der Waals surface area contributed by atoms with Gasteiger partial charge in [0.25, 0.3) is 0 Å². The number of nitrogens with zero attached hydrogens (tertiary/aromatic N) is 2. The summed E-state index contributed by atoms with van der Waals surface area (Å²) in [6.07, 6.45) is 3.61. The Hall–Kier alpha value is -1.68. The molecule has 0 spiro atoms. The molecule has 1 aromatic heterocycles. The third-order valence-electron chi connectivity index (χ3n) is 2.80. The van der Waals surface area contributed by atoms with E-state index in [0.29, 0.717) is 24.7 Å². The third-order valence-corrected chi connectivity index (χ3v) is 3.13. The molecule has 1 heterocycles. The molecule has 0 unspecified atom stereocenters. The highest BCUT2D eigenvalue weighted by atomic mass is 35.5. The topological polar surface area (TPSA) is 39.0 Å². The summed E-state index contributed by atoms with van der Waals surface area (Å²) in [5.74, 6) is 0. The number of rotatable bonds is 5. The zero-order valence-electron chi connectivity index (χ0n) is 10.3. The first-order valence-corrected chi connectivity index (χ1v) is 6.34. The third kappa shape index (κ3) is 2.76. The van der Waals surface area contributed by atoms with Crippen molar-refractivity contribution in [3.05, 3.63) is 52.2 Å². The van der Waals surface area contributed by atoms with Crippen molar-refractivity contribution in [2.45, 2.75) is 20.0 Å². The number of benzene rings is 1. The molecule has 0 fully saturated rings. The minimum atomic E-state index is 0.0264. The van der Waals surface area contributed by atoms with Crippen LogP contribution in [0, 0.1) is 0 Å². The molecule has 4 nitrogen and oxygen atoms in total. The quantitative estimate of drug-likeness (QED) is 0.902. The molecule has 0 radical (unpaired) electrons. The maximum atomic E-state index is 11.8. The standard InChI is InChI=1S/C13H16ClN3O/c1-2-16-9-10-17(13(16)18)8-7-15-12-6-4-3-5-11(12)14/h3-6,9-10,15H,2,7-8H2,1H3. The van der Waals surface area contributed by atoms with Crippen molar-refractivity contribution >= 4 is 17.3 Å². The average Bonchev–Trinajstić information content (AvgIpc) is 2.73. The van der Waals surface area contributed by atoms with E-state index in [1.165, 1.54) is 0 Å². The maximum absolute atomic E-state index is 11.8. The van der Waals surface area contributed by atoms with Gasteiger partial charge in [0.05, 0.1) is 10.7 Å². The highest BCUT2D eigenvalue weighted by molar-refractivity contribution is 6.33. The molecule has 0 aliphatic heterocycles. The van der Waals surface area contributed by atoms with Gasteiger partial charge in [0.1, 0.15) is 0 Å². The number of hydrogen-bond acceptors (Lipinski definition) is 2. The zero-order chi connectivity index (χ0) is 13.0. The number of halogens is 1. The van der Waals surface area contributed by atoms with Crippen molar-refractivity contribution < 1.29 is 0 Å². The summed E-state index contributed by atoms with van der Waals surface area (Å²) in [7, 11) is 0. The van der Waals surface area contributed by atoms with E-state index in [1.54, 1.807) is 21.5 Å². The Balaban J connectivity index is 1.95. The van der Waals surface area contributed by atoms with Crippen molar-refractivity contribution in [2.75, 3.05) is 11.9 Å². The molecule has 5 heteroatoms. The van der Waals surface area contributed by atoms with E-state index in [4.69, 9.17) is 11.6 Å². The maximum Gasteiger partial charge on any atom is 0.328 e. The first-order valence-electron chi connectivity index (χ1n) is 5.96. The van der Waals surface area contributed by atoms with Crippen molar-refractivity contribution in [3.63, 3.8) is 0 Å².